The Kier molecular flexibility index (Phi) is 4.59. The maximum Gasteiger partial charge on any atom is 0.129 e. The maximum absolute atomic E-state index is 5.87. The van der Waals surface area contributed by atoms with Gasteiger partial charge in [-0.05, 0) is 37.5 Å². The minimum absolute atomic E-state index is 0.0281. The summed E-state index contributed by atoms with van der Waals surface area (Å²) in [5.74, 6) is 1.03. The summed E-state index contributed by atoms with van der Waals surface area (Å²) >= 11 is 0. The number of methoxy groups -OCH3 is 1. The highest BCUT2D eigenvalue weighted by molar-refractivity contribution is 5.45. The van der Waals surface area contributed by atoms with Crippen molar-refractivity contribution in [3.8, 4) is 0 Å². The Balaban J connectivity index is 2.34. The van der Waals surface area contributed by atoms with E-state index in [2.05, 4.69) is 44.7 Å². The number of anilines is 1. The molecule has 1 aliphatic heterocycles. The molecule has 1 aromatic rings. The zero-order chi connectivity index (χ0) is 15.7. The molecule has 21 heavy (non-hydrogen) atoms. The Morgan fingerprint density at radius 2 is 2.10 bits per heavy atom. The fourth-order valence-electron chi connectivity index (χ4n) is 2.80. The van der Waals surface area contributed by atoms with E-state index in [9.17, 15) is 0 Å². The van der Waals surface area contributed by atoms with Crippen LogP contribution >= 0.6 is 0 Å². The zero-order valence-electron chi connectivity index (χ0n) is 14.1. The Morgan fingerprint density at radius 1 is 1.38 bits per heavy atom. The molecule has 0 aliphatic carbocycles. The van der Waals surface area contributed by atoms with Crippen LogP contribution in [-0.2, 0) is 16.7 Å². The van der Waals surface area contributed by atoms with Gasteiger partial charge >= 0.3 is 0 Å². The van der Waals surface area contributed by atoms with Gasteiger partial charge in [0.2, 0.25) is 0 Å². The second-order valence-corrected chi connectivity index (χ2v) is 7.35. The molecule has 0 radical (unpaired) electrons. The SMILES string of the molecule is COC1(C)CCCN(c2cc(CN)cc(C(C)(C)C)n2)C1. The molecule has 0 bridgehead atoms. The number of aromatic nitrogens is 1. The molecule has 0 spiro atoms. The van der Waals surface area contributed by atoms with E-state index in [1.807, 2.05) is 0 Å². The van der Waals surface area contributed by atoms with Gasteiger partial charge in [-0.3, -0.25) is 0 Å². The van der Waals surface area contributed by atoms with Crippen molar-refractivity contribution in [1.29, 1.82) is 0 Å². The molecule has 2 N–H and O–H groups in total. The number of ether oxygens (including phenoxy) is 1. The molecule has 1 aromatic heterocycles. The zero-order valence-corrected chi connectivity index (χ0v) is 14.1. The van der Waals surface area contributed by atoms with Gasteiger partial charge in [-0.25, -0.2) is 4.98 Å². The molecule has 2 heterocycles. The maximum atomic E-state index is 5.87. The lowest BCUT2D eigenvalue weighted by molar-refractivity contribution is -0.00482. The first-order valence-corrected chi connectivity index (χ1v) is 7.79. The summed E-state index contributed by atoms with van der Waals surface area (Å²) in [7, 11) is 1.80. The van der Waals surface area contributed by atoms with Crippen LogP contribution in [0, 0.1) is 0 Å². The van der Waals surface area contributed by atoms with Crippen LogP contribution in [0.15, 0.2) is 12.1 Å². The largest absolute Gasteiger partial charge is 0.377 e. The van der Waals surface area contributed by atoms with Gasteiger partial charge in [0.1, 0.15) is 5.82 Å². The van der Waals surface area contributed by atoms with Gasteiger partial charge in [0.25, 0.3) is 0 Å². The third-order valence-corrected chi connectivity index (χ3v) is 4.35. The second kappa shape index (κ2) is 5.93. The first kappa shape index (κ1) is 16.2. The molecule has 4 nitrogen and oxygen atoms in total. The van der Waals surface area contributed by atoms with Gasteiger partial charge in [-0.15, -0.1) is 0 Å². The summed E-state index contributed by atoms with van der Waals surface area (Å²) in [5, 5.41) is 0. The topological polar surface area (TPSA) is 51.4 Å². The van der Waals surface area contributed by atoms with E-state index in [4.69, 9.17) is 15.5 Å². The summed E-state index contributed by atoms with van der Waals surface area (Å²) in [5.41, 5.74) is 8.06. The molecule has 1 unspecified atom stereocenters. The van der Waals surface area contributed by atoms with Crippen LogP contribution in [0.3, 0.4) is 0 Å². The van der Waals surface area contributed by atoms with Crippen LogP contribution in [0.2, 0.25) is 0 Å². The summed E-state index contributed by atoms with van der Waals surface area (Å²) in [6.07, 6.45) is 2.23. The third kappa shape index (κ3) is 3.74. The van der Waals surface area contributed by atoms with Gasteiger partial charge in [0, 0.05) is 37.9 Å². The smallest absolute Gasteiger partial charge is 0.129 e. The van der Waals surface area contributed by atoms with E-state index in [1.165, 1.54) is 0 Å². The second-order valence-electron chi connectivity index (χ2n) is 7.35. The summed E-state index contributed by atoms with van der Waals surface area (Å²) in [6, 6.07) is 4.25. The fourth-order valence-corrected chi connectivity index (χ4v) is 2.80. The lowest BCUT2D eigenvalue weighted by Gasteiger charge is -2.40. The Morgan fingerprint density at radius 3 is 2.67 bits per heavy atom. The number of piperidine rings is 1. The van der Waals surface area contributed by atoms with Gasteiger partial charge < -0.3 is 15.4 Å². The molecular weight excluding hydrogens is 262 g/mol. The highest BCUT2D eigenvalue weighted by Crippen LogP contribution is 2.30. The molecule has 1 atom stereocenters. The number of hydrogen-bond acceptors (Lipinski definition) is 4. The highest BCUT2D eigenvalue weighted by atomic mass is 16.5. The van der Waals surface area contributed by atoms with Crippen LogP contribution in [0.5, 0.6) is 0 Å². The Bertz CT molecular complexity index is 495. The highest BCUT2D eigenvalue weighted by Gasteiger charge is 2.32. The predicted molar refractivity (Wildman–Crippen MR) is 87.7 cm³/mol. The van der Waals surface area contributed by atoms with Crippen LogP contribution in [0.1, 0.15) is 51.8 Å². The van der Waals surface area contributed by atoms with E-state index in [0.29, 0.717) is 6.54 Å². The van der Waals surface area contributed by atoms with Crippen molar-refractivity contribution in [2.75, 3.05) is 25.1 Å². The summed E-state index contributed by atoms with van der Waals surface area (Å²) < 4.78 is 5.69. The molecule has 0 amide bonds. The monoisotopic (exact) mass is 291 g/mol. The van der Waals surface area contributed by atoms with Crippen molar-refractivity contribution in [1.82, 2.24) is 4.98 Å². The minimum Gasteiger partial charge on any atom is -0.377 e. The van der Waals surface area contributed by atoms with Crippen molar-refractivity contribution in [2.24, 2.45) is 5.73 Å². The summed E-state index contributed by atoms with van der Waals surface area (Å²) in [6.45, 7) is 11.2. The Hall–Kier alpha value is -1.13. The number of nitrogens with two attached hydrogens (primary N) is 1. The first-order valence-electron chi connectivity index (χ1n) is 7.79. The average Bonchev–Trinajstić information content (AvgIpc) is 2.46. The molecular formula is C17H29N3O. The van der Waals surface area contributed by atoms with Crippen molar-refractivity contribution >= 4 is 5.82 Å². The molecule has 1 saturated heterocycles. The molecule has 118 valence electrons. The molecule has 1 aliphatic rings. The molecule has 4 heteroatoms. The number of nitrogens with zero attached hydrogens (tertiary/aromatic N) is 2. The van der Waals surface area contributed by atoms with E-state index in [-0.39, 0.29) is 11.0 Å². The van der Waals surface area contributed by atoms with Gasteiger partial charge in [-0.1, -0.05) is 20.8 Å². The van der Waals surface area contributed by atoms with E-state index >= 15 is 0 Å². The van der Waals surface area contributed by atoms with Crippen LogP contribution in [0.25, 0.3) is 0 Å². The van der Waals surface area contributed by atoms with Gasteiger partial charge in [-0.2, -0.15) is 0 Å². The first-order chi connectivity index (χ1) is 9.77. The van der Waals surface area contributed by atoms with Gasteiger partial charge in [0.05, 0.1) is 5.60 Å². The third-order valence-electron chi connectivity index (χ3n) is 4.35. The summed E-state index contributed by atoms with van der Waals surface area (Å²) in [4.78, 5) is 7.23. The van der Waals surface area contributed by atoms with E-state index < -0.39 is 0 Å². The fraction of sp³-hybridized carbons (Fsp3) is 0.706. The predicted octanol–water partition coefficient (Wildman–Crippen LogP) is 2.84. The molecule has 0 saturated carbocycles. The van der Waals surface area contributed by atoms with E-state index in [0.717, 1.165) is 43.0 Å². The number of hydrogen-bond donors (Lipinski definition) is 1. The lowest BCUT2D eigenvalue weighted by atomic mass is 9.90. The Labute approximate surface area is 128 Å². The van der Waals surface area contributed by atoms with E-state index in [1.54, 1.807) is 7.11 Å². The normalized spacial score (nSPS) is 23.4. The minimum atomic E-state index is -0.0828. The molecule has 1 fully saturated rings. The van der Waals surface area contributed by atoms with Gasteiger partial charge in [0.15, 0.2) is 0 Å². The van der Waals surface area contributed by atoms with Crippen LogP contribution < -0.4 is 10.6 Å². The molecule has 0 aromatic carbocycles. The molecule has 2 rings (SSSR count). The standard InChI is InChI=1S/C17H29N3O/c1-16(2,3)14-9-13(11-18)10-15(19-14)20-8-6-7-17(4,12-20)21-5/h9-10H,6-8,11-12,18H2,1-5H3. The van der Waals surface area contributed by atoms with Crippen LogP contribution in [0.4, 0.5) is 5.82 Å². The number of rotatable bonds is 3. The van der Waals surface area contributed by atoms with Crippen molar-refractivity contribution < 1.29 is 4.74 Å². The average molecular weight is 291 g/mol. The van der Waals surface area contributed by atoms with Crippen molar-refractivity contribution in [3.63, 3.8) is 0 Å². The lowest BCUT2D eigenvalue weighted by Crippen LogP contribution is -2.47. The van der Waals surface area contributed by atoms with Crippen molar-refractivity contribution in [3.05, 3.63) is 23.4 Å². The van der Waals surface area contributed by atoms with Crippen LogP contribution in [-0.4, -0.2) is 30.8 Å². The quantitative estimate of drug-likeness (QED) is 0.930. The van der Waals surface area contributed by atoms with Crippen molar-refractivity contribution in [2.45, 2.75) is 58.1 Å². The number of pyridine rings is 1.